The number of anilines is 1. The van der Waals surface area contributed by atoms with Crippen LogP contribution in [0.2, 0.25) is 0 Å². The second kappa shape index (κ2) is 5.14. The highest BCUT2D eigenvalue weighted by Crippen LogP contribution is 2.13. The number of nitrogens with two attached hydrogens (primary N) is 1. The van der Waals surface area contributed by atoms with Gasteiger partial charge in [-0.25, -0.2) is 0 Å². The van der Waals surface area contributed by atoms with Crippen LogP contribution in [0.25, 0.3) is 0 Å². The Kier molecular flexibility index (Phi) is 3.58. The van der Waals surface area contributed by atoms with Gasteiger partial charge >= 0.3 is 0 Å². The molecule has 5 heteroatoms. The maximum Gasteiger partial charge on any atom is 0.254 e. The van der Waals surface area contributed by atoms with Crippen molar-refractivity contribution in [1.29, 1.82) is 0 Å². The summed E-state index contributed by atoms with van der Waals surface area (Å²) >= 11 is 0. The molecular weight excluding hydrogens is 218 g/mol. The molecule has 2 rings (SSSR count). The van der Waals surface area contributed by atoms with Crippen LogP contribution in [0.5, 0.6) is 0 Å². The topological polar surface area (TPSA) is 77.2 Å². The number of aromatic nitrogens is 1. The average Bonchev–Trinajstić information content (AvgIpc) is 2.78. The molecule has 1 atom stereocenters. The Hall–Kier alpha value is -1.62. The van der Waals surface area contributed by atoms with Gasteiger partial charge in [0.05, 0.1) is 12.2 Å². The number of pyridine rings is 1. The van der Waals surface area contributed by atoms with E-state index < -0.39 is 0 Å². The first kappa shape index (κ1) is 11.9. The van der Waals surface area contributed by atoms with E-state index >= 15 is 0 Å². The summed E-state index contributed by atoms with van der Waals surface area (Å²) in [6.45, 7) is 3.98. The fourth-order valence-electron chi connectivity index (χ4n) is 1.85. The van der Waals surface area contributed by atoms with Crippen LogP contribution in [0.15, 0.2) is 12.3 Å². The molecule has 0 spiro atoms. The molecule has 1 fully saturated rings. The van der Waals surface area contributed by atoms with E-state index in [0.717, 1.165) is 25.3 Å². The van der Waals surface area contributed by atoms with Crippen molar-refractivity contribution in [3.05, 3.63) is 23.5 Å². The number of nitrogen functional groups attached to an aromatic ring is 1. The molecule has 0 aliphatic carbocycles. The first-order valence-electron chi connectivity index (χ1n) is 5.75. The molecule has 1 saturated heterocycles. The third kappa shape index (κ3) is 2.94. The second-order valence-corrected chi connectivity index (χ2v) is 4.35. The van der Waals surface area contributed by atoms with Crippen molar-refractivity contribution < 1.29 is 9.53 Å². The lowest BCUT2D eigenvalue weighted by Gasteiger charge is -2.10. The van der Waals surface area contributed by atoms with E-state index in [2.05, 4.69) is 10.3 Å². The number of carbonyl (C=O) groups excluding carboxylic acids is 1. The number of aryl methyl sites for hydroxylation is 1. The summed E-state index contributed by atoms with van der Waals surface area (Å²) in [5, 5.41) is 2.86. The van der Waals surface area contributed by atoms with Crippen LogP contribution in [-0.4, -0.2) is 30.6 Å². The molecule has 17 heavy (non-hydrogen) atoms. The smallest absolute Gasteiger partial charge is 0.254 e. The summed E-state index contributed by atoms with van der Waals surface area (Å²) in [6.07, 6.45) is 2.52. The highest BCUT2D eigenvalue weighted by atomic mass is 16.5. The number of amides is 1. The summed E-state index contributed by atoms with van der Waals surface area (Å²) < 4.78 is 5.25. The Bertz CT molecular complexity index is 414. The van der Waals surface area contributed by atoms with Crippen molar-refractivity contribution in [3.8, 4) is 0 Å². The lowest BCUT2D eigenvalue weighted by atomic mass is 10.1. The zero-order valence-corrected chi connectivity index (χ0v) is 9.90. The van der Waals surface area contributed by atoms with Gasteiger partial charge in [0.15, 0.2) is 0 Å². The summed E-state index contributed by atoms with van der Waals surface area (Å²) in [5.74, 6) is 0.250. The van der Waals surface area contributed by atoms with Crippen LogP contribution in [0.4, 0.5) is 5.69 Å². The van der Waals surface area contributed by atoms with Crippen LogP contribution in [0.3, 0.4) is 0 Å². The molecule has 1 aliphatic heterocycles. The van der Waals surface area contributed by atoms with Gasteiger partial charge in [-0.2, -0.15) is 0 Å². The lowest BCUT2D eigenvalue weighted by Crippen LogP contribution is -2.30. The zero-order chi connectivity index (χ0) is 12.3. The molecular formula is C12H17N3O2. The SMILES string of the molecule is Cc1cc(N)c(C(=O)NCC2CCOC2)cn1. The maximum atomic E-state index is 11.9. The standard InChI is InChI=1S/C12H17N3O2/c1-8-4-11(13)10(6-14-8)12(16)15-5-9-2-3-17-7-9/h4,6,9H,2-3,5,7H2,1H3,(H2,13,14)(H,15,16). The summed E-state index contributed by atoms with van der Waals surface area (Å²) in [5.41, 5.74) is 7.50. The lowest BCUT2D eigenvalue weighted by molar-refractivity contribution is 0.0945. The normalized spacial score (nSPS) is 19.2. The van der Waals surface area contributed by atoms with E-state index in [9.17, 15) is 4.79 Å². The molecule has 5 nitrogen and oxygen atoms in total. The highest BCUT2D eigenvalue weighted by molar-refractivity contribution is 5.98. The van der Waals surface area contributed by atoms with Gasteiger partial charge in [-0.3, -0.25) is 9.78 Å². The van der Waals surface area contributed by atoms with Crippen molar-refractivity contribution in [2.24, 2.45) is 5.92 Å². The van der Waals surface area contributed by atoms with Gasteiger partial charge in [-0.15, -0.1) is 0 Å². The molecule has 0 aromatic carbocycles. The Morgan fingerprint density at radius 3 is 3.18 bits per heavy atom. The Balaban J connectivity index is 1.94. The second-order valence-electron chi connectivity index (χ2n) is 4.35. The van der Waals surface area contributed by atoms with Crippen molar-refractivity contribution in [2.45, 2.75) is 13.3 Å². The third-order valence-electron chi connectivity index (χ3n) is 2.89. The molecule has 1 aliphatic rings. The van der Waals surface area contributed by atoms with Crippen LogP contribution in [0.1, 0.15) is 22.5 Å². The molecule has 1 aromatic heterocycles. The minimum Gasteiger partial charge on any atom is -0.398 e. The van der Waals surface area contributed by atoms with Gasteiger partial charge in [-0.1, -0.05) is 0 Å². The van der Waals surface area contributed by atoms with Crippen molar-refractivity contribution in [1.82, 2.24) is 10.3 Å². The maximum absolute atomic E-state index is 11.9. The highest BCUT2D eigenvalue weighted by Gasteiger charge is 2.17. The van der Waals surface area contributed by atoms with Crippen LogP contribution < -0.4 is 11.1 Å². The Morgan fingerprint density at radius 2 is 2.53 bits per heavy atom. The molecule has 0 saturated carbocycles. The predicted molar refractivity (Wildman–Crippen MR) is 64.6 cm³/mol. The predicted octanol–water partition coefficient (Wildman–Crippen LogP) is 0.739. The minimum absolute atomic E-state index is 0.165. The van der Waals surface area contributed by atoms with Gasteiger partial charge in [-0.05, 0) is 19.4 Å². The fourth-order valence-corrected chi connectivity index (χ4v) is 1.85. The summed E-state index contributed by atoms with van der Waals surface area (Å²) in [7, 11) is 0. The Morgan fingerprint density at radius 1 is 1.71 bits per heavy atom. The third-order valence-corrected chi connectivity index (χ3v) is 2.89. The monoisotopic (exact) mass is 235 g/mol. The van der Waals surface area contributed by atoms with Crippen LogP contribution in [0, 0.1) is 12.8 Å². The first-order chi connectivity index (χ1) is 8.16. The number of ether oxygens (including phenoxy) is 1. The molecule has 1 amide bonds. The largest absolute Gasteiger partial charge is 0.398 e. The number of hydrogen-bond acceptors (Lipinski definition) is 4. The summed E-state index contributed by atoms with van der Waals surface area (Å²) in [4.78, 5) is 15.9. The number of nitrogens with zero attached hydrogens (tertiary/aromatic N) is 1. The molecule has 0 radical (unpaired) electrons. The molecule has 2 heterocycles. The number of nitrogens with one attached hydrogen (secondary N) is 1. The van der Waals surface area contributed by atoms with Gasteiger partial charge in [0.1, 0.15) is 0 Å². The van der Waals surface area contributed by atoms with E-state index in [0.29, 0.717) is 23.7 Å². The van der Waals surface area contributed by atoms with Gasteiger partial charge in [0, 0.05) is 36.6 Å². The van der Waals surface area contributed by atoms with Gasteiger partial charge in [0.25, 0.3) is 5.91 Å². The molecule has 1 unspecified atom stereocenters. The molecule has 0 bridgehead atoms. The molecule has 3 N–H and O–H groups in total. The average molecular weight is 235 g/mol. The number of rotatable bonds is 3. The van der Waals surface area contributed by atoms with E-state index in [1.54, 1.807) is 6.07 Å². The van der Waals surface area contributed by atoms with E-state index in [1.807, 2.05) is 6.92 Å². The van der Waals surface area contributed by atoms with E-state index in [4.69, 9.17) is 10.5 Å². The van der Waals surface area contributed by atoms with Gasteiger partial charge in [0.2, 0.25) is 0 Å². The number of carbonyl (C=O) groups is 1. The van der Waals surface area contributed by atoms with Crippen LogP contribution in [-0.2, 0) is 4.74 Å². The first-order valence-corrected chi connectivity index (χ1v) is 5.75. The van der Waals surface area contributed by atoms with E-state index in [1.165, 1.54) is 6.20 Å². The van der Waals surface area contributed by atoms with Crippen molar-refractivity contribution in [2.75, 3.05) is 25.5 Å². The molecule has 92 valence electrons. The molecule has 1 aromatic rings. The Labute approximate surface area is 100 Å². The van der Waals surface area contributed by atoms with Crippen molar-refractivity contribution in [3.63, 3.8) is 0 Å². The van der Waals surface area contributed by atoms with Crippen molar-refractivity contribution >= 4 is 11.6 Å². The fraction of sp³-hybridized carbons (Fsp3) is 0.500. The zero-order valence-electron chi connectivity index (χ0n) is 9.90. The minimum atomic E-state index is -0.165. The quantitative estimate of drug-likeness (QED) is 0.810. The van der Waals surface area contributed by atoms with Crippen LogP contribution >= 0.6 is 0 Å². The summed E-state index contributed by atoms with van der Waals surface area (Å²) in [6, 6.07) is 1.70. The van der Waals surface area contributed by atoms with E-state index in [-0.39, 0.29) is 5.91 Å². The van der Waals surface area contributed by atoms with Gasteiger partial charge < -0.3 is 15.8 Å². The number of hydrogen-bond donors (Lipinski definition) is 2.